The Balaban J connectivity index is 1.69. The molecule has 7 nitrogen and oxygen atoms in total. The Hall–Kier alpha value is -3.20. The maximum Gasteiger partial charge on any atom is 0.264 e. The monoisotopic (exact) mass is 432 g/mol. The lowest BCUT2D eigenvalue weighted by atomic mass is 9.87. The molecule has 0 bridgehead atoms. The Morgan fingerprint density at radius 1 is 1.13 bits per heavy atom. The lowest BCUT2D eigenvalue weighted by Crippen LogP contribution is -2.31. The van der Waals surface area contributed by atoms with E-state index in [9.17, 15) is 17.6 Å². The third-order valence-electron chi connectivity index (χ3n) is 4.22. The van der Waals surface area contributed by atoms with Crippen LogP contribution in [0.2, 0.25) is 0 Å². The maximum absolute atomic E-state index is 14.4. The fourth-order valence-electron chi connectivity index (χ4n) is 2.62. The largest absolute Gasteiger partial charge is 0.454 e. The molecule has 3 aromatic rings. The van der Waals surface area contributed by atoms with Crippen LogP contribution in [0.4, 0.5) is 4.39 Å². The Morgan fingerprint density at radius 2 is 1.83 bits per heavy atom. The van der Waals surface area contributed by atoms with Crippen molar-refractivity contribution < 1.29 is 26.9 Å². The fraction of sp³-hybridized carbons (Fsp3) is 0.238. The van der Waals surface area contributed by atoms with Crippen molar-refractivity contribution in [2.45, 2.75) is 31.9 Å². The minimum atomic E-state index is -4.02. The molecule has 1 aromatic heterocycles. The van der Waals surface area contributed by atoms with Gasteiger partial charge in [0.1, 0.15) is 23.5 Å². The van der Waals surface area contributed by atoms with Gasteiger partial charge in [-0.15, -0.1) is 0 Å². The van der Waals surface area contributed by atoms with Crippen molar-refractivity contribution in [3.05, 3.63) is 77.4 Å². The minimum Gasteiger partial charge on any atom is -0.454 e. The van der Waals surface area contributed by atoms with Crippen molar-refractivity contribution in [1.29, 1.82) is 0 Å². The normalized spacial score (nSPS) is 11.9. The van der Waals surface area contributed by atoms with E-state index in [-0.39, 0.29) is 22.4 Å². The zero-order valence-electron chi connectivity index (χ0n) is 16.7. The maximum atomic E-state index is 14.4. The van der Waals surface area contributed by atoms with Crippen LogP contribution in [0, 0.1) is 5.82 Å². The van der Waals surface area contributed by atoms with E-state index in [2.05, 4.69) is 30.5 Å². The molecule has 0 saturated heterocycles. The Labute approximate surface area is 173 Å². The number of sulfonamides is 1. The molecular weight excluding hydrogens is 411 g/mol. The molecule has 0 saturated carbocycles. The molecule has 0 radical (unpaired) electrons. The zero-order chi connectivity index (χ0) is 21.9. The molecule has 2 aromatic carbocycles. The van der Waals surface area contributed by atoms with Gasteiger partial charge in [0.2, 0.25) is 10.0 Å². The highest BCUT2D eigenvalue weighted by Crippen LogP contribution is 2.28. The number of rotatable bonds is 6. The summed E-state index contributed by atoms with van der Waals surface area (Å²) in [6.45, 7) is 6.24. The van der Waals surface area contributed by atoms with E-state index >= 15 is 0 Å². The molecule has 1 N–H and O–H groups in total. The first-order valence-electron chi connectivity index (χ1n) is 9.05. The van der Waals surface area contributed by atoms with Crippen molar-refractivity contribution in [2.75, 3.05) is 0 Å². The zero-order valence-corrected chi connectivity index (χ0v) is 17.5. The topological polar surface area (TPSA) is 98.5 Å². The molecule has 158 valence electrons. The Kier molecular flexibility index (Phi) is 5.93. The SMILES string of the molecule is CC(C)(C)c1ccc(Oc2ccc(C(=O)NS(=O)(=O)Cc3ccon3)cc2F)cc1. The summed E-state index contributed by atoms with van der Waals surface area (Å²) < 4.78 is 50.5. The van der Waals surface area contributed by atoms with Crippen molar-refractivity contribution in [3.8, 4) is 11.5 Å². The number of halogens is 1. The number of nitrogens with zero attached hydrogens (tertiary/aromatic N) is 1. The Morgan fingerprint density at radius 3 is 2.40 bits per heavy atom. The summed E-state index contributed by atoms with van der Waals surface area (Å²) in [7, 11) is -4.02. The van der Waals surface area contributed by atoms with E-state index in [4.69, 9.17) is 4.74 Å². The molecular formula is C21H21FN2O5S. The van der Waals surface area contributed by atoms with Gasteiger partial charge in [-0.1, -0.05) is 38.1 Å². The average Bonchev–Trinajstić information content (AvgIpc) is 3.14. The number of carbonyl (C=O) groups excluding carboxylic acids is 1. The Bertz CT molecular complexity index is 1140. The number of carbonyl (C=O) groups is 1. The van der Waals surface area contributed by atoms with Crippen molar-refractivity contribution in [3.63, 3.8) is 0 Å². The van der Waals surface area contributed by atoms with E-state index in [1.165, 1.54) is 24.5 Å². The molecule has 0 fully saturated rings. The third kappa shape index (κ3) is 5.44. The highest BCUT2D eigenvalue weighted by Gasteiger charge is 2.20. The number of amides is 1. The number of hydrogen-bond acceptors (Lipinski definition) is 6. The summed E-state index contributed by atoms with van der Waals surface area (Å²) in [6, 6.07) is 12.1. The molecule has 0 aliphatic carbocycles. The van der Waals surface area contributed by atoms with Gasteiger partial charge in [0.05, 0.1) is 0 Å². The van der Waals surface area contributed by atoms with Gasteiger partial charge in [-0.25, -0.2) is 17.5 Å². The smallest absolute Gasteiger partial charge is 0.264 e. The number of ether oxygens (including phenoxy) is 1. The molecule has 30 heavy (non-hydrogen) atoms. The number of nitrogens with one attached hydrogen (secondary N) is 1. The third-order valence-corrected chi connectivity index (χ3v) is 5.39. The molecule has 1 amide bonds. The first-order valence-corrected chi connectivity index (χ1v) is 10.7. The lowest BCUT2D eigenvalue weighted by Gasteiger charge is -2.19. The summed E-state index contributed by atoms with van der Waals surface area (Å²) in [5.74, 6) is -1.94. The second-order valence-electron chi connectivity index (χ2n) is 7.70. The lowest BCUT2D eigenvalue weighted by molar-refractivity contribution is 0.0981. The van der Waals surface area contributed by atoms with Crippen LogP contribution in [0.15, 0.2) is 59.3 Å². The minimum absolute atomic E-state index is 0.0210. The van der Waals surface area contributed by atoms with Crippen molar-refractivity contribution in [2.24, 2.45) is 0 Å². The van der Waals surface area contributed by atoms with Crippen LogP contribution in [0.1, 0.15) is 42.4 Å². The summed E-state index contributed by atoms with van der Waals surface area (Å²) in [6.07, 6.45) is 1.22. The fourth-order valence-corrected chi connectivity index (χ4v) is 3.63. The van der Waals surface area contributed by atoms with Crippen LogP contribution in [-0.4, -0.2) is 19.5 Å². The summed E-state index contributed by atoms with van der Waals surface area (Å²) in [5.41, 5.74) is 1.07. The van der Waals surface area contributed by atoms with Gasteiger partial charge in [-0.05, 0) is 41.3 Å². The van der Waals surface area contributed by atoms with Crippen LogP contribution in [-0.2, 0) is 21.2 Å². The predicted octanol–water partition coefficient (Wildman–Crippen LogP) is 4.16. The summed E-state index contributed by atoms with van der Waals surface area (Å²) >= 11 is 0. The van der Waals surface area contributed by atoms with Gasteiger partial charge in [-0.3, -0.25) is 4.79 Å². The number of aromatic nitrogens is 1. The highest BCUT2D eigenvalue weighted by molar-refractivity contribution is 7.89. The van der Waals surface area contributed by atoms with Crippen LogP contribution in [0.25, 0.3) is 0 Å². The van der Waals surface area contributed by atoms with Crippen LogP contribution in [0.3, 0.4) is 0 Å². The first-order chi connectivity index (χ1) is 14.0. The number of benzene rings is 2. The van der Waals surface area contributed by atoms with Crippen molar-refractivity contribution >= 4 is 15.9 Å². The number of hydrogen-bond donors (Lipinski definition) is 1. The summed E-state index contributed by atoms with van der Waals surface area (Å²) in [5, 5.41) is 3.48. The van der Waals surface area contributed by atoms with E-state index in [1.54, 1.807) is 12.1 Å². The molecule has 0 aliphatic rings. The van der Waals surface area contributed by atoms with E-state index < -0.39 is 27.5 Å². The predicted molar refractivity (Wildman–Crippen MR) is 108 cm³/mol. The van der Waals surface area contributed by atoms with E-state index in [0.717, 1.165) is 11.6 Å². The van der Waals surface area contributed by atoms with Gasteiger partial charge in [0.15, 0.2) is 11.6 Å². The van der Waals surface area contributed by atoms with Gasteiger partial charge < -0.3 is 9.26 Å². The average molecular weight is 432 g/mol. The molecule has 3 rings (SSSR count). The van der Waals surface area contributed by atoms with Crippen LogP contribution in [0.5, 0.6) is 11.5 Å². The molecule has 1 heterocycles. The molecule has 0 atom stereocenters. The van der Waals surface area contributed by atoms with Gasteiger partial charge >= 0.3 is 0 Å². The highest BCUT2D eigenvalue weighted by atomic mass is 32.2. The second-order valence-corrected chi connectivity index (χ2v) is 9.42. The molecule has 0 aliphatic heterocycles. The van der Waals surface area contributed by atoms with Gasteiger partial charge in [0, 0.05) is 11.6 Å². The molecule has 0 unspecified atom stereocenters. The van der Waals surface area contributed by atoms with E-state index in [1.807, 2.05) is 16.9 Å². The van der Waals surface area contributed by atoms with Crippen molar-refractivity contribution in [1.82, 2.24) is 9.88 Å². The van der Waals surface area contributed by atoms with Crippen LogP contribution < -0.4 is 9.46 Å². The second kappa shape index (κ2) is 8.27. The first kappa shape index (κ1) is 21.5. The standard InChI is InChI=1S/C21H21FN2O5S/c1-21(2,3)15-5-7-17(8-6-15)29-19-9-4-14(12-18(19)22)20(25)24-30(26,27)13-16-10-11-28-23-16/h4-12H,13H2,1-3H3,(H,24,25). The molecule has 9 heteroatoms. The summed E-state index contributed by atoms with van der Waals surface area (Å²) in [4.78, 5) is 12.2. The quantitative estimate of drug-likeness (QED) is 0.628. The molecule has 0 spiro atoms. The van der Waals surface area contributed by atoms with Gasteiger partial charge in [0.25, 0.3) is 5.91 Å². The van der Waals surface area contributed by atoms with E-state index in [0.29, 0.717) is 5.75 Å². The van der Waals surface area contributed by atoms with Gasteiger partial charge in [-0.2, -0.15) is 0 Å². The van der Waals surface area contributed by atoms with Crippen LogP contribution >= 0.6 is 0 Å².